The number of carbonyl (C=O) groups excluding carboxylic acids is 2. The lowest BCUT2D eigenvalue weighted by molar-refractivity contribution is -0.122. The van der Waals surface area contributed by atoms with Crippen molar-refractivity contribution >= 4 is 11.6 Å². The minimum absolute atomic E-state index is 0.0869. The van der Waals surface area contributed by atoms with Crippen molar-refractivity contribution < 1.29 is 9.59 Å². The highest BCUT2D eigenvalue weighted by Crippen LogP contribution is 2.33. The van der Waals surface area contributed by atoms with Crippen LogP contribution in [0.2, 0.25) is 0 Å². The molecule has 0 saturated heterocycles. The van der Waals surface area contributed by atoms with Crippen LogP contribution >= 0.6 is 0 Å². The minimum Gasteiger partial charge on any atom is -0.299 e. The number of nitrogens with zero attached hydrogens (tertiary/aromatic N) is 2. The van der Waals surface area contributed by atoms with E-state index in [-0.39, 0.29) is 17.5 Å². The Morgan fingerprint density at radius 3 is 2.67 bits per heavy atom. The molecule has 1 aliphatic carbocycles. The maximum absolute atomic E-state index is 11.9. The van der Waals surface area contributed by atoms with Gasteiger partial charge in [0.1, 0.15) is 5.78 Å². The van der Waals surface area contributed by atoms with Crippen molar-refractivity contribution in [1.82, 2.24) is 9.78 Å². The Kier molecular flexibility index (Phi) is 2.42. The number of carbonyl (C=O) groups is 2. The Balaban J connectivity index is 2.09. The number of ketones is 2. The predicted molar refractivity (Wildman–Crippen MR) is 54.4 cm³/mol. The molecule has 1 heterocycles. The zero-order chi connectivity index (χ0) is 11.0. The van der Waals surface area contributed by atoms with Crippen LogP contribution in [0.3, 0.4) is 0 Å². The van der Waals surface area contributed by atoms with Crippen LogP contribution in [0, 0.1) is 11.8 Å². The minimum atomic E-state index is -0.512. The maximum Gasteiger partial charge on any atom is 0.176 e. The van der Waals surface area contributed by atoms with Gasteiger partial charge in [0.15, 0.2) is 5.78 Å². The first-order chi connectivity index (χ1) is 7.09. The van der Waals surface area contributed by atoms with Gasteiger partial charge in [0, 0.05) is 19.2 Å². The molecule has 1 aromatic rings. The standard InChI is InChI=1S/C11H14N2O2/c1-7(10(14)8-3-4-8)11(15)9-5-12-13(2)6-9/h5-8H,3-4H2,1-2H3. The van der Waals surface area contributed by atoms with Gasteiger partial charge in [-0.3, -0.25) is 14.3 Å². The van der Waals surface area contributed by atoms with Crippen molar-refractivity contribution in [2.45, 2.75) is 19.8 Å². The van der Waals surface area contributed by atoms with Gasteiger partial charge in [0.2, 0.25) is 0 Å². The third kappa shape index (κ3) is 1.98. The summed E-state index contributed by atoms with van der Waals surface area (Å²) in [5.74, 6) is -0.397. The number of aromatic nitrogens is 2. The van der Waals surface area contributed by atoms with E-state index in [2.05, 4.69) is 5.10 Å². The van der Waals surface area contributed by atoms with Crippen LogP contribution in [0.15, 0.2) is 12.4 Å². The Labute approximate surface area is 88.3 Å². The largest absolute Gasteiger partial charge is 0.299 e. The summed E-state index contributed by atoms with van der Waals surface area (Å²) in [4.78, 5) is 23.5. The first-order valence-corrected chi connectivity index (χ1v) is 5.16. The van der Waals surface area contributed by atoms with E-state index in [1.54, 1.807) is 24.9 Å². The average molecular weight is 206 g/mol. The molecule has 1 atom stereocenters. The molecule has 1 unspecified atom stereocenters. The predicted octanol–water partition coefficient (Wildman–Crippen LogP) is 1.22. The fraction of sp³-hybridized carbons (Fsp3) is 0.545. The molecule has 1 saturated carbocycles. The van der Waals surface area contributed by atoms with E-state index in [0.717, 1.165) is 12.8 Å². The van der Waals surface area contributed by atoms with Crippen molar-refractivity contribution in [1.29, 1.82) is 0 Å². The lowest BCUT2D eigenvalue weighted by atomic mass is 9.95. The second-order valence-corrected chi connectivity index (χ2v) is 4.17. The van der Waals surface area contributed by atoms with Gasteiger partial charge in [-0.15, -0.1) is 0 Å². The van der Waals surface area contributed by atoms with Crippen molar-refractivity contribution in [3.05, 3.63) is 18.0 Å². The number of Topliss-reactive ketones (excluding diaryl/α,β-unsaturated/α-hetero) is 2. The summed E-state index contributed by atoms with van der Waals surface area (Å²) < 4.78 is 1.57. The molecule has 1 aliphatic rings. The van der Waals surface area contributed by atoms with Crippen LogP contribution in [0.4, 0.5) is 0 Å². The van der Waals surface area contributed by atoms with Crippen molar-refractivity contribution in [2.75, 3.05) is 0 Å². The zero-order valence-electron chi connectivity index (χ0n) is 8.93. The second kappa shape index (κ2) is 3.61. The molecule has 1 aromatic heterocycles. The molecular weight excluding hydrogens is 192 g/mol. The molecule has 0 aliphatic heterocycles. The van der Waals surface area contributed by atoms with Crippen LogP contribution < -0.4 is 0 Å². The number of hydrogen-bond donors (Lipinski definition) is 0. The molecule has 4 nitrogen and oxygen atoms in total. The maximum atomic E-state index is 11.9. The lowest BCUT2D eigenvalue weighted by Crippen LogP contribution is -2.22. The quantitative estimate of drug-likeness (QED) is 0.549. The molecule has 0 amide bonds. The Bertz CT molecular complexity index is 404. The third-order valence-corrected chi connectivity index (χ3v) is 2.79. The second-order valence-electron chi connectivity index (χ2n) is 4.17. The Morgan fingerprint density at radius 1 is 1.53 bits per heavy atom. The van der Waals surface area contributed by atoms with Crippen LogP contribution in [0.1, 0.15) is 30.1 Å². The van der Waals surface area contributed by atoms with E-state index in [1.807, 2.05) is 0 Å². The molecule has 0 radical (unpaired) electrons. The summed E-state index contributed by atoms with van der Waals surface area (Å²) in [7, 11) is 1.75. The normalized spacial score (nSPS) is 17.5. The van der Waals surface area contributed by atoms with Crippen LogP contribution in [-0.4, -0.2) is 21.3 Å². The van der Waals surface area contributed by atoms with Gasteiger partial charge in [0.05, 0.1) is 17.7 Å². The molecule has 0 spiro atoms. The van der Waals surface area contributed by atoms with E-state index >= 15 is 0 Å². The van der Waals surface area contributed by atoms with Gasteiger partial charge in [-0.2, -0.15) is 5.10 Å². The molecule has 0 aromatic carbocycles. The van der Waals surface area contributed by atoms with Gasteiger partial charge >= 0.3 is 0 Å². The molecule has 15 heavy (non-hydrogen) atoms. The molecular formula is C11H14N2O2. The fourth-order valence-electron chi connectivity index (χ4n) is 1.65. The van der Waals surface area contributed by atoms with Crippen LogP contribution in [0.25, 0.3) is 0 Å². The lowest BCUT2D eigenvalue weighted by Gasteiger charge is -2.06. The van der Waals surface area contributed by atoms with Crippen molar-refractivity contribution in [3.63, 3.8) is 0 Å². The van der Waals surface area contributed by atoms with Crippen LogP contribution in [0.5, 0.6) is 0 Å². The molecule has 0 N–H and O–H groups in total. The molecule has 4 heteroatoms. The first-order valence-electron chi connectivity index (χ1n) is 5.16. The van der Waals surface area contributed by atoms with Gasteiger partial charge in [-0.1, -0.05) is 0 Å². The van der Waals surface area contributed by atoms with Gasteiger partial charge in [-0.05, 0) is 19.8 Å². The SMILES string of the molecule is CC(C(=O)c1cnn(C)c1)C(=O)C1CC1. The highest BCUT2D eigenvalue weighted by Gasteiger charge is 2.36. The summed E-state index contributed by atoms with van der Waals surface area (Å²) in [6, 6.07) is 0. The Morgan fingerprint density at radius 2 is 2.20 bits per heavy atom. The number of hydrogen-bond acceptors (Lipinski definition) is 3. The van der Waals surface area contributed by atoms with Gasteiger partial charge in [-0.25, -0.2) is 0 Å². The van der Waals surface area contributed by atoms with E-state index in [1.165, 1.54) is 6.20 Å². The molecule has 80 valence electrons. The summed E-state index contributed by atoms with van der Waals surface area (Å²) >= 11 is 0. The summed E-state index contributed by atoms with van der Waals surface area (Å²) in [5.41, 5.74) is 0.527. The average Bonchev–Trinajstić information content (AvgIpc) is 2.98. The highest BCUT2D eigenvalue weighted by atomic mass is 16.2. The fourth-order valence-corrected chi connectivity index (χ4v) is 1.65. The van der Waals surface area contributed by atoms with E-state index in [9.17, 15) is 9.59 Å². The number of aryl methyl sites for hydroxylation is 1. The monoisotopic (exact) mass is 206 g/mol. The van der Waals surface area contributed by atoms with E-state index in [4.69, 9.17) is 0 Å². The van der Waals surface area contributed by atoms with Crippen molar-refractivity contribution in [3.8, 4) is 0 Å². The molecule has 0 bridgehead atoms. The smallest absolute Gasteiger partial charge is 0.176 e. The molecule has 1 fully saturated rings. The topological polar surface area (TPSA) is 52.0 Å². The van der Waals surface area contributed by atoms with Crippen molar-refractivity contribution in [2.24, 2.45) is 18.9 Å². The van der Waals surface area contributed by atoms with E-state index in [0.29, 0.717) is 5.56 Å². The summed E-state index contributed by atoms with van der Waals surface area (Å²) in [6.45, 7) is 1.69. The van der Waals surface area contributed by atoms with Gasteiger partial charge in [0.25, 0.3) is 0 Å². The highest BCUT2D eigenvalue weighted by molar-refractivity contribution is 6.11. The summed E-state index contributed by atoms with van der Waals surface area (Å²) in [5, 5.41) is 3.92. The number of rotatable bonds is 4. The summed E-state index contributed by atoms with van der Waals surface area (Å²) in [6.07, 6.45) is 5.06. The Hall–Kier alpha value is -1.45. The van der Waals surface area contributed by atoms with E-state index < -0.39 is 5.92 Å². The molecule has 2 rings (SSSR count). The van der Waals surface area contributed by atoms with Crippen LogP contribution in [-0.2, 0) is 11.8 Å². The third-order valence-electron chi connectivity index (χ3n) is 2.79. The zero-order valence-corrected chi connectivity index (χ0v) is 8.93. The first kappa shape index (κ1) is 10.1. The van der Waals surface area contributed by atoms with Gasteiger partial charge < -0.3 is 0 Å².